The molecule has 0 aromatic carbocycles. The quantitative estimate of drug-likeness (QED) is 0.777. The third kappa shape index (κ3) is 2.26. The monoisotopic (exact) mass is 213 g/mol. The molecule has 0 amide bonds. The first-order chi connectivity index (χ1) is 6.79. The molecule has 1 heterocycles. The Labute approximate surface area is 87.7 Å². The molecule has 2 rings (SSSR count). The third-order valence-corrected chi connectivity index (χ3v) is 2.38. The second kappa shape index (κ2) is 4.00. The molecule has 1 N–H and O–H groups in total. The molecule has 0 radical (unpaired) electrons. The van der Waals surface area contributed by atoms with Crippen molar-refractivity contribution in [2.75, 3.05) is 19.0 Å². The number of hydrogen-bond donors (Lipinski definition) is 1. The van der Waals surface area contributed by atoms with Crippen molar-refractivity contribution in [1.82, 2.24) is 9.97 Å². The van der Waals surface area contributed by atoms with Gasteiger partial charge in [-0.15, -0.1) is 0 Å². The number of rotatable bonds is 4. The van der Waals surface area contributed by atoms with Crippen LogP contribution in [0.1, 0.15) is 12.8 Å². The molecule has 0 bridgehead atoms. The number of halogens is 1. The van der Waals surface area contributed by atoms with E-state index in [2.05, 4.69) is 15.3 Å². The van der Waals surface area contributed by atoms with E-state index in [-0.39, 0.29) is 5.28 Å². The summed E-state index contributed by atoms with van der Waals surface area (Å²) in [5.74, 6) is 2.10. The standard InChI is InChI=1S/C9H12ClN3O/c1-14-7-5-12-9(10)13-8(7)11-4-6-2-3-6/h5-6H,2-4H2,1H3,(H,11,12,13). The van der Waals surface area contributed by atoms with E-state index >= 15 is 0 Å². The Balaban J connectivity index is 2.07. The van der Waals surface area contributed by atoms with Gasteiger partial charge in [0.2, 0.25) is 5.28 Å². The summed E-state index contributed by atoms with van der Waals surface area (Å²) in [5, 5.41) is 3.45. The van der Waals surface area contributed by atoms with Gasteiger partial charge in [-0.05, 0) is 30.4 Å². The molecule has 76 valence electrons. The molecule has 1 saturated carbocycles. The van der Waals surface area contributed by atoms with Crippen LogP contribution in [0, 0.1) is 5.92 Å². The molecule has 0 unspecified atom stereocenters. The molecule has 1 aromatic heterocycles. The lowest BCUT2D eigenvalue weighted by molar-refractivity contribution is 0.412. The molecule has 0 aliphatic heterocycles. The highest BCUT2D eigenvalue weighted by Gasteiger charge is 2.21. The summed E-state index contributed by atoms with van der Waals surface area (Å²) in [6.45, 7) is 0.934. The first-order valence-electron chi connectivity index (χ1n) is 4.60. The van der Waals surface area contributed by atoms with E-state index in [0.717, 1.165) is 12.5 Å². The lowest BCUT2D eigenvalue weighted by atomic mass is 10.4. The van der Waals surface area contributed by atoms with Gasteiger partial charge in [-0.25, -0.2) is 4.98 Å². The highest BCUT2D eigenvalue weighted by Crippen LogP contribution is 2.30. The maximum absolute atomic E-state index is 5.69. The van der Waals surface area contributed by atoms with E-state index < -0.39 is 0 Å². The Morgan fingerprint density at radius 3 is 3.07 bits per heavy atom. The first-order valence-corrected chi connectivity index (χ1v) is 4.98. The predicted octanol–water partition coefficient (Wildman–Crippen LogP) is 1.96. The molecular weight excluding hydrogens is 202 g/mol. The van der Waals surface area contributed by atoms with Crippen molar-refractivity contribution in [3.8, 4) is 5.75 Å². The maximum Gasteiger partial charge on any atom is 0.224 e. The van der Waals surface area contributed by atoms with Crippen LogP contribution < -0.4 is 10.1 Å². The minimum atomic E-state index is 0.240. The Hall–Kier alpha value is -1.03. The van der Waals surface area contributed by atoms with E-state index in [0.29, 0.717) is 11.6 Å². The van der Waals surface area contributed by atoms with Crippen LogP contribution >= 0.6 is 11.6 Å². The van der Waals surface area contributed by atoms with Crippen molar-refractivity contribution in [1.29, 1.82) is 0 Å². The van der Waals surface area contributed by atoms with Crippen molar-refractivity contribution in [2.45, 2.75) is 12.8 Å². The molecule has 4 nitrogen and oxygen atoms in total. The number of hydrogen-bond acceptors (Lipinski definition) is 4. The van der Waals surface area contributed by atoms with E-state index in [1.807, 2.05) is 0 Å². The number of aromatic nitrogens is 2. The summed E-state index contributed by atoms with van der Waals surface area (Å²) in [7, 11) is 1.59. The molecule has 1 aromatic rings. The van der Waals surface area contributed by atoms with Crippen LogP contribution in [0.5, 0.6) is 5.75 Å². The van der Waals surface area contributed by atoms with E-state index in [1.165, 1.54) is 12.8 Å². The molecule has 0 atom stereocenters. The fraction of sp³-hybridized carbons (Fsp3) is 0.556. The Morgan fingerprint density at radius 2 is 2.43 bits per heavy atom. The van der Waals surface area contributed by atoms with Crippen LogP contribution in [0.2, 0.25) is 5.28 Å². The van der Waals surface area contributed by atoms with Crippen LogP contribution in [-0.4, -0.2) is 23.6 Å². The topological polar surface area (TPSA) is 47.0 Å². The molecule has 1 aliphatic carbocycles. The van der Waals surface area contributed by atoms with Crippen molar-refractivity contribution in [3.63, 3.8) is 0 Å². The van der Waals surface area contributed by atoms with Crippen molar-refractivity contribution in [2.24, 2.45) is 5.92 Å². The zero-order chi connectivity index (χ0) is 9.97. The molecule has 0 spiro atoms. The summed E-state index contributed by atoms with van der Waals surface area (Å²) in [6.07, 6.45) is 4.17. The third-order valence-electron chi connectivity index (χ3n) is 2.20. The van der Waals surface area contributed by atoms with Gasteiger partial charge in [0, 0.05) is 6.54 Å². The van der Waals surface area contributed by atoms with Crippen LogP contribution in [-0.2, 0) is 0 Å². The fourth-order valence-corrected chi connectivity index (χ4v) is 1.32. The van der Waals surface area contributed by atoms with E-state index in [9.17, 15) is 0 Å². The van der Waals surface area contributed by atoms with Gasteiger partial charge >= 0.3 is 0 Å². The minimum Gasteiger partial charge on any atom is -0.491 e. The summed E-state index contributed by atoms with van der Waals surface area (Å²) in [6, 6.07) is 0. The van der Waals surface area contributed by atoms with Crippen LogP contribution in [0.4, 0.5) is 5.82 Å². The Kier molecular flexibility index (Phi) is 2.72. The maximum atomic E-state index is 5.69. The zero-order valence-corrected chi connectivity index (χ0v) is 8.71. The average Bonchev–Trinajstić information content (AvgIpc) is 2.98. The molecular formula is C9H12ClN3O. The second-order valence-electron chi connectivity index (χ2n) is 3.38. The normalized spacial score (nSPS) is 15.3. The van der Waals surface area contributed by atoms with Gasteiger partial charge in [0.25, 0.3) is 0 Å². The van der Waals surface area contributed by atoms with Crippen molar-refractivity contribution in [3.05, 3.63) is 11.5 Å². The van der Waals surface area contributed by atoms with Gasteiger partial charge in [0.05, 0.1) is 13.3 Å². The van der Waals surface area contributed by atoms with Gasteiger partial charge in [-0.3, -0.25) is 0 Å². The number of ether oxygens (including phenoxy) is 1. The lowest BCUT2D eigenvalue weighted by Crippen LogP contribution is -2.07. The van der Waals surface area contributed by atoms with Gasteiger partial charge in [0.15, 0.2) is 11.6 Å². The molecule has 1 aliphatic rings. The smallest absolute Gasteiger partial charge is 0.224 e. The Morgan fingerprint density at radius 1 is 1.64 bits per heavy atom. The molecule has 14 heavy (non-hydrogen) atoms. The highest BCUT2D eigenvalue weighted by molar-refractivity contribution is 6.28. The first kappa shape index (κ1) is 9.52. The summed E-state index contributed by atoms with van der Waals surface area (Å²) in [4.78, 5) is 7.90. The number of methoxy groups -OCH3 is 1. The van der Waals surface area contributed by atoms with Crippen molar-refractivity contribution < 1.29 is 4.74 Å². The average molecular weight is 214 g/mol. The second-order valence-corrected chi connectivity index (χ2v) is 3.72. The SMILES string of the molecule is COc1cnc(Cl)nc1NCC1CC1. The van der Waals surface area contributed by atoms with E-state index in [4.69, 9.17) is 16.3 Å². The summed E-state index contributed by atoms with van der Waals surface area (Å²) >= 11 is 5.69. The molecule has 0 saturated heterocycles. The van der Waals surface area contributed by atoms with Gasteiger partial charge in [0.1, 0.15) is 0 Å². The number of nitrogens with one attached hydrogen (secondary N) is 1. The highest BCUT2D eigenvalue weighted by atomic mass is 35.5. The van der Waals surface area contributed by atoms with E-state index in [1.54, 1.807) is 13.3 Å². The zero-order valence-electron chi connectivity index (χ0n) is 7.96. The number of nitrogens with zero attached hydrogens (tertiary/aromatic N) is 2. The van der Waals surface area contributed by atoms with Crippen LogP contribution in [0.25, 0.3) is 0 Å². The van der Waals surface area contributed by atoms with Gasteiger partial charge in [-0.1, -0.05) is 0 Å². The largest absolute Gasteiger partial charge is 0.491 e. The number of anilines is 1. The molecule has 1 fully saturated rings. The fourth-order valence-electron chi connectivity index (χ4n) is 1.19. The Bertz CT molecular complexity index is 328. The minimum absolute atomic E-state index is 0.240. The van der Waals surface area contributed by atoms with Gasteiger partial charge in [-0.2, -0.15) is 4.98 Å². The van der Waals surface area contributed by atoms with Crippen LogP contribution in [0.15, 0.2) is 6.20 Å². The van der Waals surface area contributed by atoms with Crippen LogP contribution in [0.3, 0.4) is 0 Å². The summed E-state index contributed by atoms with van der Waals surface area (Å²) in [5.41, 5.74) is 0. The lowest BCUT2D eigenvalue weighted by Gasteiger charge is -2.08. The van der Waals surface area contributed by atoms with Crippen molar-refractivity contribution >= 4 is 17.4 Å². The summed E-state index contributed by atoms with van der Waals surface area (Å²) < 4.78 is 5.11. The van der Waals surface area contributed by atoms with Gasteiger partial charge < -0.3 is 10.1 Å². The predicted molar refractivity (Wildman–Crippen MR) is 54.8 cm³/mol. The molecule has 5 heteroatoms.